The molecular weight excluding hydrogens is 307 g/mol. The molecule has 2 aromatic rings. The molecule has 0 aliphatic carbocycles. The molecule has 1 N–H and O–H groups in total. The molecule has 0 bridgehead atoms. The first-order valence-electron chi connectivity index (χ1n) is 6.25. The summed E-state index contributed by atoms with van der Waals surface area (Å²) in [6.07, 6.45) is 0.194. The van der Waals surface area contributed by atoms with Gasteiger partial charge in [0.1, 0.15) is 5.82 Å². The van der Waals surface area contributed by atoms with Gasteiger partial charge in [-0.2, -0.15) is 0 Å². The Labute approximate surface area is 121 Å². The summed E-state index contributed by atoms with van der Waals surface area (Å²) in [5, 5.41) is 10.3. The molecule has 100 valence electrons. The molecule has 0 saturated carbocycles. The predicted molar refractivity (Wildman–Crippen MR) is 78.4 cm³/mol. The summed E-state index contributed by atoms with van der Waals surface area (Å²) in [6.45, 7) is 1.99. The van der Waals surface area contributed by atoms with Crippen LogP contribution in [0.2, 0.25) is 0 Å². The molecule has 0 fully saturated rings. The molecule has 2 atom stereocenters. The first kappa shape index (κ1) is 14.2. The predicted octanol–water partition coefficient (Wildman–Crippen LogP) is 4.50. The first-order chi connectivity index (χ1) is 9.08. The second-order valence-corrected chi connectivity index (χ2v) is 5.64. The van der Waals surface area contributed by atoms with Crippen molar-refractivity contribution in [2.45, 2.75) is 19.4 Å². The lowest BCUT2D eigenvalue weighted by Gasteiger charge is -2.19. The number of hydrogen-bond donors (Lipinski definition) is 1. The van der Waals surface area contributed by atoms with E-state index in [1.54, 1.807) is 12.1 Å². The average Bonchev–Trinajstić information content (AvgIpc) is 2.43. The van der Waals surface area contributed by atoms with Crippen LogP contribution in [0.5, 0.6) is 0 Å². The Bertz CT molecular complexity index is 542. The second kappa shape index (κ2) is 6.31. The molecule has 1 nitrogen and oxygen atoms in total. The van der Waals surface area contributed by atoms with Gasteiger partial charge in [-0.3, -0.25) is 0 Å². The van der Waals surface area contributed by atoms with E-state index < -0.39 is 6.10 Å². The number of aliphatic hydroxyl groups is 1. The average molecular weight is 323 g/mol. The standard InChI is InChI=1S/C16H16BrFO/c1-11(16(19)13-5-3-2-4-6-13)9-12-7-8-15(18)14(17)10-12/h2-8,10-11,16,19H,9H2,1H3. The van der Waals surface area contributed by atoms with Gasteiger partial charge in [0.05, 0.1) is 10.6 Å². The van der Waals surface area contributed by atoms with Crippen molar-refractivity contribution in [1.29, 1.82) is 0 Å². The van der Waals surface area contributed by atoms with Gasteiger partial charge in [-0.25, -0.2) is 4.39 Å². The largest absolute Gasteiger partial charge is 0.388 e. The maximum Gasteiger partial charge on any atom is 0.137 e. The maximum absolute atomic E-state index is 13.2. The summed E-state index contributed by atoms with van der Waals surface area (Å²) >= 11 is 3.18. The van der Waals surface area contributed by atoms with Gasteiger partial charge >= 0.3 is 0 Å². The van der Waals surface area contributed by atoms with E-state index in [0.29, 0.717) is 10.9 Å². The van der Waals surface area contributed by atoms with Crippen molar-refractivity contribution in [2.24, 2.45) is 5.92 Å². The summed E-state index contributed by atoms with van der Waals surface area (Å²) < 4.78 is 13.6. The van der Waals surface area contributed by atoms with Crippen LogP contribution < -0.4 is 0 Å². The Kier molecular flexibility index (Phi) is 4.72. The topological polar surface area (TPSA) is 20.2 Å². The zero-order valence-electron chi connectivity index (χ0n) is 10.7. The zero-order valence-corrected chi connectivity index (χ0v) is 12.3. The van der Waals surface area contributed by atoms with Crippen molar-refractivity contribution >= 4 is 15.9 Å². The fourth-order valence-electron chi connectivity index (χ4n) is 2.13. The first-order valence-corrected chi connectivity index (χ1v) is 7.04. The molecular formula is C16H16BrFO. The molecule has 0 heterocycles. The highest BCUT2D eigenvalue weighted by Gasteiger charge is 2.16. The van der Waals surface area contributed by atoms with E-state index in [9.17, 15) is 9.50 Å². The number of halogens is 2. The summed E-state index contributed by atoms with van der Waals surface area (Å²) in [6, 6.07) is 14.6. The molecule has 0 aliphatic rings. The van der Waals surface area contributed by atoms with E-state index >= 15 is 0 Å². The second-order valence-electron chi connectivity index (χ2n) is 4.79. The van der Waals surface area contributed by atoms with Crippen molar-refractivity contribution in [2.75, 3.05) is 0 Å². The normalized spacial score (nSPS) is 14.1. The van der Waals surface area contributed by atoms with Crippen LogP contribution in [0.25, 0.3) is 0 Å². The summed E-state index contributed by atoms with van der Waals surface area (Å²) in [5.41, 5.74) is 1.92. The molecule has 0 aromatic heterocycles. The third kappa shape index (κ3) is 3.64. The van der Waals surface area contributed by atoms with Gasteiger partial charge in [0.2, 0.25) is 0 Å². The van der Waals surface area contributed by atoms with Gasteiger partial charge in [-0.15, -0.1) is 0 Å². The monoisotopic (exact) mass is 322 g/mol. The molecule has 0 saturated heterocycles. The van der Waals surface area contributed by atoms with E-state index in [1.807, 2.05) is 37.3 Å². The molecule has 0 aliphatic heterocycles. The van der Waals surface area contributed by atoms with Crippen LogP contribution in [-0.2, 0) is 6.42 Å². The van der Waals surface area contributed by atoms with E-state index in [2.05, 4.69) is 15.9 Å². The van der Waals surface area contributed by atoms with Gasteiger partial charge in [-0.1, -0.05) is 43.3 Å². The Hall–Kier alpha value is -1.19. The van der Waals surface area contributed by atoms with E-state index in [-0.39, 0.29) is 11.7 Å². The van der Waals surface area contributed by atoms with Crippen molar-refractivity contribution < 1.29 is 9.50 Å². The Morgan fingerprint density at radius 2 is 1.84 bits per heavy atom. The number of rotatable bonds is 4. The van der Waals surface area contributed by atoms with Gasteiger partial charge in [-0.05, 0) is 51.5 Å². The molecule has 0 radical (unpaired) electrons. The fraction of sp³-hybridized carbons (Fsp3) is 0.250. The number of hydrogen-bond acceptors (Lipinski definition) is 1. The van der Waals surface area contributed by atoms with Crippen LogP contribution in [0.15, 0.2) is 53.0 Å². The quantitative estimate of drug-likeness (QED) is 0.878. The minimum atomic E-state index is -0.509. The molecule has 2 unspecified atom stereocenters. The SMILES string of the molecule is CC(Cc1ccc(F)c(Br)c1)C(O)c1ccccc1. The van der Waals surface area contributed by atoms with E-state index in [4.69, 9.17) is 0 Å². The summed E-state index contributed by atoms with van der Waals surface area (Å²) in [4.78, 5) is 0. The van der Waals surface area contributed by atoms with Crippen LogP contribution >= 0.6 is 15.9 Å². The lowest BCUT2D eigenvalue weighted by atomic mass is 9.91. The summed E-state index contributed by atoms with van der Waals surface area (Å²) in [5.74, 6) is -0.195. The van der Waals surface area contributed by atoms with Crippen LogP contribution in [0.3, 0.4) is 0 Å². The van der Waals surface area contributed by atoms with Crippen LogP contribution in [0, 0.1) is 11.7 Å². The number of benzene rings is 2. The lowest BCUT2D eigenvalue weighted by molar-refractivity contribution is 0.117. The number of aliphatic hydroxyl groups excluding tert-OH is 1. The van der Waals surface area contributed by atoms with Gasteiger partial charge in [0, 0.05) is 0 Å². The van der Waals surface area contributed by atoms with Gasteiger partial charge in [0.15, 0.2) is 0 Å². The maximum atomic E-state index is 13.2. The summed E-state index contributed by atoms with van der Waals surface area (Å²) in [7, 11) is 0. The van der Waals surface area contributed by atoms with E-state index in [0.717, 1.165) is 11.1 Å². The minimum Gasteiger partial charge on any atom is -0.388 e. The van der Waals surface area contributed by atoms with Crippen LogP contribution in [-0.4, -0.2) is 5.11 Å². The van der Waals surface area contributed by atoms with Gasteiger partial charge < -0.3 is 5.11 Å². The van der Waals surface area contributed by atoms with Gasteiger partial charge in [0.25, 0.3) is 0 Å². The van der Waals surface area contributed by atoms with Crippen LogP contribution in [0.4, 0.5) is 4.39 Å². The Balaban J connectivity index is 2.08. The van der Waals surface area contributed by atoms with Crippen molar-refractivity contribution in [3.63, 3.8) is 0 Å². The highest BCUT2D eigenvalue weighted by Crippen LogP contribution is 2.26. The Morgan fingerprint density at radius 1 is 1.16 bits per heavy atom. The Morgan fingerprint density at radius 3 is 2.47 bits per heavy atom. The zero-order chi connectivity index (χ0) is 13.8. The lowest BCUT2D eigenvalue weighted by Crippen LogP contribution is -2.12. The van der Waals surface area contributed by atoms with Crippen molar-refractivity contribution in [3.8, 4) is 0 Å². The highest BCUT2D eigenvalue weighted by atomic mass is 79.9. The van der Waals surface area contributed by atoms with Crippen LogP contribution in [0.1, 0.15) is 24.2 Å². The molecule has 2 rings (SSSR count). The molecule has 2 aromatic carbocycles. The molecule has 3 heteroatoms. The molecule has 0 amide bonds. The van der Waals surface area contributed by atoms with Crippen molar-refractivity contribution in [1.82, 2.24) is 0 Å². The fourth-order valence-corrected chi connectivity index (χ4v) is 2.55. The smallest absolute Gasteiger partial charge is 0.137 e. The molecule has 0 spiro atoms. The third-order valence-corrected chi connectivity index (χ3v) is 3.83. The van der Waals surface area contributed by atoms with Crippen molar-refractivity contribution in [3.05, 3.63) is 69.9 Å². The minimum absolute atomic E-state index is 0.0692. The van der Waals surface area contributed by atoms with E-state index in [1.165, 1.54) is 6.07 Å². The molecule has 19 heavy (non-hydrogen) atoms. The third-order valence-electron chi connectivity index (χ3n) is 3.22. The highest BCUT2D eigenvalue weighted by molar-refractivity contribution is 9.10.